The van der Waals surface area contributed by atoms with Crippen molar-refractivity contribution in [3.63, 3.8) is 0 Å². The number of rotatable bonds is 5. The molecular formula is C16H23N3O2. The molecule has 0 aliphatic heterocycles. The molecule has 114 valence electrons. The predicted octanol–water partition coefficient (Wildman–Crippen LogP) is 1.96. The summed E-state index contributed by atoms with van der Waals surface area (Å²) in [6, 6.07) is 8.23. The Kier molecular flexibility index (Phi) is 4.83. The van der Waals surface area contributed by atoms with Crippen LogP contribution in [-0.2, 0) is 11.2 Å². The molecule has 5 nitrogen and oxygen atoms in total. The number of nitrogens with zero attached hydrogens (tertiary/aromatic N) is 1. The molecule has 1 aromatic carbocycles. The Morgan fingerprint density at radius 3 is 2.76 bits per heavy atom. The van der Waals surface area contributed by atoms with Crippen LogP contribution < -0.4 is 11.1 Å². The molecule has 0 heterocycles. The lowest BCUT2D eigenvalue weighted by atomic mass is 9.83. The molecular weight excluding hydrogens is 266 g/mol. The van der Waals surface area contributed by atoms with Gasteiger partial charge in [0.15, 0.2) is 5.84 Å². The maximum absolute atomic E-state index is 12.4. The third kappa shape index (κ3) is 3.35. The van der Waals surface area contributed by atoms with Gasteiger partial charge in [0, 0.05) is 6.54 Å². The molecule has 0 unspecified atom stereocenters. The summed E-state index contributed by atoms with van der Waals surface area (Å²) in [6.45, 7) is 2.61. The molecule has 1 saturated carbocycles. The first-order chi connectivity index (χ1) is 10.1. The fourth-order valence-electron chi connectivity index (χ4n) is 3.03. The van der Waals surface area contributed by atoms with E-state index in [1.165, 1.54) is 11.1 Å². The maximum atomic E-state index is 12.4. The van der Waals surface area contributed by atoms with Crippen LogP contribution in [0.3, 0.4) is 0 Å². The topological polar surface area (TPSA) is 87.7 Å². The second-order valence-corrected chi connectivity index (χ2v) is 5.77. The van der Waals surface area contributed by atoms with Gasteiger partial charge in [-0.1, -0.05) is 47.8 Å². The fourth-order valence-corrected chi connectivity index (χ4v) is 3.03. The Morgan fingerprint density at radius 1 is 1.43 bits per heavy atom. The van der Waals surface area contributed by atoms with E-state index in [9.17, 15) is 4.79 Å². The van der Waals surface area contributed by atoms with Gasteiger partial charge in [-0.25, -0.2) is 0 Å². The summed E-state index contributed by atoms with van der Waals surface area (Å²) in [6.07, 6.45) is 3.95. The van der Waals surface area contributed by atoms with Crippen LogP contribution in [0.25, 0.3) is 0 Å². The van der Waals surface area contributed by atoms with E-state index in [2.05, 4.69) is 16.5 Å². The van der Waals surface area contributed by atoms with E-state index in [4.69, 9.17) is 10.9 Å². The third-order valence-electron chi connectivity index (χ3n) is 4.27. The van der Waals surface area contributed by atoms with Crippen molar-refractivity contribution in [2.75, 3.05) is 6.54 Å². The number of nitrogens with two attached hydrogens (primary N) is 1. The Labute approximate surface area is 125 Å². The molecule has 1 aliphatic rings. The Bertz CT molecular complexity index is 534. The molecule has 5 heteroatoms. The summed E-state index contributed by atoms with van der Waals surface area (Å²) in [4.78, 5) is 12.4. The van der Waals surface area contributed by atoms with Crippen LogP contribution >= 0.6 is 0 Å². The number of carbonyl (C=O) groups is 1. The Balaban J connectivity index is 1.94. The van der Waals surface area contributed by atoms with Crippen LogP contribution in [0.15, 0.2) is 29.4 Å². The number of aryl methyl sites for hydroxylation is 1. The van der Waals surface area contributed by atoms with Gasteiger partial charge in [0.1, 0.15) is 5.41 Å². The molecule has 1 amide bonds. The van der Waals surface area contributed by atoms with E-state index >= 15 is 0 Å². The summed E-state index contributed by atoms with van der Waals surface area (Å²) >= 11 is 0. The van der Waals surface area contributed by atoms with Gasteiger partial charge in [-0.3, -0.25) is 4.79 Å². The van der Waals surface area contributed by atoms with Gasteiger partial charge >= 0.3 is 0 Å². The normalized spacial score (nSPS) is 17.7. The van der Waals surface area contributed by atoms with Crippen molar-refractivity contribution < 1.29 is 10.0 Å². The summed E-state index contributed by atoms with van der Waals surface area (Å²) in [5.41, 5.74) is 7.34. The minimum absolute atomic E-state index is 0.0352. The second kappa shape index (κ2) is 6.61. The lowest BCUT2D eigenvalue weighted by Gasteiger charge is -2.26. The summed E-state index contributed by atoms with van der Waals surface area (Å²) in [5.74, 6) is -0.0870. The van der Waals surface area contributed by atoms with E-state index < -0.39 is 5.41 Å². The van der Waals surface area contributed by atoms with Gasteiger partial charge in [0.25, 0.3) is 0 Å². The molecule has 1 aliphatic carbocycles. The van der Waals surface area contributed by atoms with Crippen molar-refractivity contribution in [3.05, 3.63) is 35.4 Å². The van der Waals surface area contributed by atoms with Crippen molar-refractivity contribution in [3.8, 4) is 0 Å². The van der Waals surface area contributed by atoms with Gasteiger partial charge in [-0.2, -0.15) is 0 Å². The second-order valence-electron chi connectivity index (χ2n) is 5.77. The van der Waals surface area contributed by atoms with Crippen LogP contribution in [-0.4, -0.2) is 23.5 Å². The first-order valence-electron chi connectivity index (χ1n) is 7.40. The number of benzene rings is 1. The minimum atomic E-state index is -0.818. The van der Waals surface area contributed by atoms with E-state index in [1.807, 2.05) is 25.1 Å². The molecule has 21 heavy (non-hydrogen) atoms. The third-order valence-corrected chi connectivity index (χ3v) is 4.27. The zero-order valence-corrected chi connectivity index (χ0v) is 12.4. The average molecular weight is 289 g/mol. The van der Waals surface area contributed by atoms with E-state index in [-0.39, 0.29) is 11.7 Å². The highest BCUT2D eigenvalue weighted by Crippen LogP contribution is 2.38. The van der Waals surface area contributed by atoms with Crippen molar-refractivity contribution in [2.24, 2.45) is 16.3 Å². The van der Waals surface area contributed by atoms with Crippen LogP contribution in [0.2, 0.25) is 0 Å². The predicted molar refractivity (Wildman–Crippen MR) is 82.2 cm³/mol. The maximum Gasteiger partial charge on any atom is 0.233 e. The highest BCUT2D eigenvalue weighted by molar-refractivity contribution is 6.07. The standard InChI is InChI=1S/C16H23N3O2/c1-12-5-4-6-13(11-12)7-10-18-15(20)16(14(17)19-21)8-2-3-9-16/h4-6,11,21H,2-3,7-10H2,1H3,(H2,17,19)(H,18,20). The number of oxime groups is 1. The van der Waals surface area contributed by atoms with Crippen molar-refractivity contribution in [1.82, 2.24) is 5.32 Å². The number of hydrogen-bond acceptors (Lipinski definition) is 3. The summed E-state index contributed by atoms with van der Waals surface area (Å²) in [5, 5.41) is 14.9. The zero-order valence-electron chi connectivity index (χ0n) is 12.4. The number of nitrogens with one attached hydrogen (secondary N) is 1. The molecule has 0 spiro atoms. The molecule has 0 bridgehead atoms. The van der Waals surface area contributed by atoms with Crippen LogP contribution in [0, 0.1) is 12.3 Å². The lowest BCUT2D eigenvalue weighted by molar-refractivity contribution is -0.127. The zero-order chi connectivity index (χ0) is 15.3. The fraction of sp³-hybridized carbons (Fsp3) is 0.500. The van der Waals surface area contributed by atoms with Gasteiger partial charge < -0.3 is 16.3 Å². The van der Waals surface area contributed by atoms with Crippen LogP contribution in [0.1, 0.15) is 36.8 Å². The molecule has 1 fully saturated rings. The largest absolute Gasteiger partial charge is 0.409 e. The molecule has 0 atom stereocenters. The van der Waals surface area contributed by atoms with Gasteiger partial charge in [-0.15, -0.1) is 0 Å². The molecule has 0 radical (unpaired) electrons. The molecule has 1 aromatic rings. The van der Waals surface area contributed by atoms with Crippen molar-refractivity contribution in [2.45, 2.75) is 39.0 Å². The van der Waals surface area contributed by atoms with Crippen LogP contribution in [0.4, 0.5) is 0 Å². The summed E-state index contributed by atoms with van der Waals surface area (Å²) < 4.78 is 0. The van der Waals surface area contributed by atoms with Gasteiger partial charge in [0.2, 0.25) is 5.91 Å². The number of amides is 1. The van der Waals surface area contributed by atoms with E-state index in [1.54, 1.807) is 0 Å². The Hall–Kier alpha value is -2.04. The highest BCUT2D eigenvalue weighted by atomic mass is 16.4. The number of carbonyl (C=O) groups excluding carboxylic acids is 1. The SMILES string of the molecule is Cc1cccc(CCNC(=O)C2(C(N)=NO)CCCC2)c1. The average Bonchev–Trinajstić information content (AvgIpc) is 2.97. The van der Waals surface area contributed by atoms with E-state index in [0.29, 0.717) is 19.4 Å². The Morgan fingerprint density at radius 2 is 2.14 bits per heavy atom. The number of hydrogen-bond donors (Lipinski definition) is 3. The highest BCUT2D eigenvalue weighted by Gasteiger charge is 2.45. The first kappa shape index (κ1) is 15.4. The van der Waals surface area contributed by atoms with Crippen molar-refractivity contribution in [1.29, 1.82) is 0 Å². The lowest BCUT2D eigenvalue weighted by Crippen LogP contribution is -2.48. The quantitative estimate of drug-likeness (QED) is 0.335. The van der Waals surface area contributed by atoms with Gasteiger partial charge in [0.05, 0.1) is 0 Å². The van der Waals surface area contributed by atoms with Crippen LogP contribution in [0.5, 0.6) is 0 Å². The first-order valence-corrected chi connectivity index (χ1v) is 7.40. The van der Waals surface area contributed by atoms with E-state index in [0.717, 1.165) is 19.3 Å². The van der Waals surface area contributed by atoms with Crippen molar-refractivity contribution >= 4 is 11.7 Å². The molecule has 2 rings (SSSR count). The monoisotopic (exact) mass is 289 g/mol. The summed E-state index contributed by atoms with van der Waals surface area (Å²) in [7, 11) is 0. The van der Waals surface area contributed by atoms with Gasteiger partial charge in [-0.05, 0) is 31.7 Å². The molecule has 0 aromatic heterocycles. The minimum Gasteiger partial charge on any atom is -0.409 e. The number of amidine groups is 1. The molecule has 0 saturated heterocycles. The smallest absolute Gasteiger partial charge is 0.233 e. The molecule has 4 N–H and O–H groups in total.